The summed E-state index contributed by atoms with van der Waals surface area (Å²) in [6.07, 6.45) is 5.69. The Kier molecular flexibility index (Phi) is 4.22. The number of rotatable bonds is 3. The molecule has 0 aromatic carbocycles. The molecule has 2 fully saturated rings. The monoisotopic (exact) mass is 289 g/mol. The molecule has 0 bridgehead atoms. The summed E-state index contributed by atoms with van der Waals surface area (Å²) in [4.78, 5) is 20.7. The Morgan fingerprint density at radius 1 is 1.24 bits per heavy atom. The highest BCUT2D eigenvalue weighted by Crippen LogP contribution is 2.25. The molecular formula is C16H23N3O2. The van der Waals surface area contributed by atoms with Crippen LogP contribution in [0.5, 0.6) is 0 Å². The van der Waals surface area contributed by atoms with Gasteiger partial charge in [0.05, 0.1) is 12.1 Å². The maximum atomic E-state index is 12.5. The molecule has 5 nitrogen and oxygen atoms in total. The smallest absolute Gasteiger partial charge is 0.272 e. The molecule has 114 valence electrons. The second-order valence-corrected chi connectivity index (χ2v) is 6.25. The molecule has 0 aliphatic carbocycles. The molecule has 3 rings (SSSR count). The number of carbonyl (C=O) groups is 1. The van der Waals surface area contributed by atoms with E-state index in [2.05, 4.69) is 9.88 Å². The molecule has 0 saturated carbocycles. The summed E-state index contributed by atoms with van der Waals surface area (Å²) >= 11 is 0. The maximum absolute atomic E-state index is 12.5. The number of hydrogen-bond donors (Lipinski definition) is 1. The van der Waals surface area contributed by atoms with Crippen LogP contribution in [-0.4, -0.2) is 64.1 Å². The van der Waals surface area contributed by atoms with Gasteiger partial charge in [0.25, 0.3) is 5.91 Å². The first-order valence-corrected chi connectivity index (χ1v) is 7.81. The van der Waals surface area contributed by atoms with Crippen molar-refractivity contribution < 1.29 is 9.90 Å². The molecule has 3 heterocycles. The summed E-state index contributed by atoms with van der Waals surface area (Å²) in [7, 11) is 0. The van der Waals surface area contributed by atoms with Crippen molar-refractivity contribution in [1.82, 2.24) is 14.8 Å². The Balaban J connectivity index is 1.66. The number of amides is 1. The molecule has 1 atom stereocenters. The number of hydrogen-bond acceptors (Lipinski definition) is 4. The van der Waals surface area contributed by atoms with Gasteiger partial charge >= 0.3 is 0 Å². The van der Waals surface area contributed by atoms with E-state index in [-0.39, 0.29) is 5.91 Å². The first kappa shape index (κ1) is 14.5. The minimum Gasteiger partial charge on any atom is -0.387 e. The highest BCUT2D eigenvalue weighted by atomic mass is 16.3. The third-order valence-electron chi connectivity index (χ3n) is 4.44. The normalized spacial score (nSPS) is 27.0. The van der Waals surface area contributed by atoms with E-state index in [0.717, 1.165) is 25.9 Å². The van der Waals surface area contributed by atoms with Crippen molar-refractivity contribution in [3.8, 4) is 0 Å². The molecule has 1 aromatic rings. The van der Waals surface area contributed by atoms with E-state index in [1.165, 1.54) is 12.8 Å². The molecule has 2 aliphatic heterocycles. The topological polar surface area (TPSA) is 56.7 Å². The van der Waals surface area contributed by atoms with Gasteiger partial charge in [-0.05, 0) is 50.9 Å². The minimum absolute atomic E-state index is 0.0739. The van der Waals surface area contributed by atoms with Gasteiger partial charge in [-0.2, -0.15) is 0 Å². The lowest BCUT2D eigenvalue weighted by Gasteiger charge is -2.41. The molecule has 1 amide bonds. The highest BCUT2D eigenvalue weighted by molar-refractivity contribution is 5.92. The molecule has 0 unspecified atom stereocenters. The van der Waals surface area contributed by atoms with Crippen LogP contribution in [0.25, 0.3) is 0 Å². The summed E-state index contributed by atoms with van der Waals surface area (Å²) in [5.74, 6) is -0.0739. The van der Waals surface area contributed by atoms with Crippen LogP contribution in [0.2, 0.25) is 0 Å². The largest absolute Gasteiger partial charge is 0.387 e. The lowest BCUT2D eigenvalue weighted by molar-refractivity contribution is -0.0432. The third kappa shape index (κ3) is 3.41. The third-order valence-corrected chi connectivity index (χ3v) is 4.44. The van der Waals surface area contributed by atoms with Crippen LogP contribution in [0, 0.1) is 0 Å². The second kappa shape index (κ2) is 6.12. The van der Waals surface area contributed by atoms with E-state index in [9.17, 15) is 9.90 Å². The number of carbonyl (C=O) groups excluding carboxylic acids is 1. The van der Waals surface area contributed by atoms with Crippen molar-refractivity contribution in [2.75, 3.05) is 32.7 Å². The summed E-state index contributed by atoms with van der Waals surface area (Å²) in [5, 5.41) is 10.8. The minimum atomic E-state index is -0.771. The first-order valence-electron chi connectivity index (χ1n) is 7.81. The van der Waals surface area contributed by atoms with Crippen molar-refractivity contribution in [3.05, 3.63) is 30.1 Å². The van der Waals surface area contributed by atoms with E-state index in [0.29, 0.717) is 25.3 Å². The van der Waals surface area contributed by atoms with E-state index in [1.807, 2.05) is 6.07 Å². The maximum Gasteiger partial charge on any atom is 0.272 e. The van der Waals surface area contributed by atoms with Gasteiger partial charge in [-0.15, -0.1) is 0 Å². The van der Waals surface area contributed by atoms with E-state index < -0.39 is 5.60 Å². The SMILES string of the molecule is O=C(c1ccccn1)N1CCC[C@](O)(CN2CCCC2)C1. The van der Waals surface area contributed by atoms with Crippen molar-refractivity contribution >= 4 is 5.91 Å². The van der Waals surface area contributed by atoms with Crippen LogP contribution in [0.3, 0.4) is 0 Å². The number of piperidine rings is 1. The summed E-state index contributed by atoms with van der Waals surface area (Å²) in [6.45, 7) is 3.93. The Bertz CT molecular complexity index is 488. The predicted molar refractivity (Wildman–Crippen MR) is 80.0 cm³/mol. The zero-order valence-corrected chi connectivity index (χ0v) is 12.4. The molecule has 2 saturated heterocycles. The predicted octanol–water partition coefficient (Wildman–Crippen LogP) is 1.14. The standard InChI is InChI=1S/C16H23N3O2/c20-15(14-6-1-2-8-17-14)19-11-5-7-16(21,13-19)12-18-9-3-4-10-18/h1-2,6,8,21H,3-5,7,9-13H2/t16-/m0/s1. The fourth-order valence-corrected chi connectivity index (χ4v) is 3.42. The van der Waals surface area contributed by atoms with Crippen LogP contribution in [0.15, 0.2) is 24.4 Å². The average molecular weight is 289 g/mol. The van der Waals surface area contributed by atoms with Gasteiger partial charge in [0.2, 0.25) is 0 Å². The Hall–Kier alpha value is -1.46. The Morgan fingerprint density at radius 2 is 2.05 bits per heavy atom. The van der Waals surface area contributed by atoms with E-state index in [1.54, 1.807) is 23.2 Å². The Labute approximate surface area is 125 Å². The fraction of sp³-hybridized carbons (Fsp3) is 0.625. The van der Waals surface area contributed by atoms with Crippen molar-refractivity contribution in [1.29, 1.82) is 0 Å². The molecule has 1 aromatic heterocycles. The molecular weight excluding hydrogens is 266 g/mol. The fourth-order valence-electron chi connectivity index (χ4n) is 3.42. The lowest BCUT2D eigenvalue weighted by Crippen LogP contribution is -2.55. The molecule has 2 aliphatic rings. The van der Waals surface area contributed by atoms with Gasteiger partial charge in [-0.25, -0.2) is 0 Å². The number of likely N-dealkylation sites (tertiary alicyclic amines) is 2. The van der Waals surface area contributed by atoms with Gasteiger partial charge in [-0.3, -0.25) is 9.78 Å². The van der Waals surface area contributed by atoms with Gasteiger partial charge in [-0.1, -0.05) is 6.07 Å². The van der Waals surface area contributed by atoms with Crippen molar-refractivity contribution in [3.63, 3.8) is 0 Å². The molecule has 1 N–H and O–H groups in total. The van der Waals surface area contributed by atoms with Gasteiger partial charge in [0.1, 0.15) is 5.69 Å². The first-order chi connectivity index (χ1) is 10.2. The van der Waals surface area contributed by atoms with E-state index in [4.69, 9.17) is 0 Å². The van der Waals surface area contributed by atoms with Crippen LogP contribution in [0.1, 0.15) is 36.2 Å². The van der Waals surface area contributed by atoms with Crippen LogP contribution < -0.4 is 0 Å². The van der Waals surface area contributed by atoms with Crippen molar-refractivity contribution in [2.24, 2.45) is 0 Å². The number of aromatic nitrogens is 1. The van der Waals surface area contributed by atoms with Crippen molar-refractivity contribution in [2.45, 2.75) is 31.3 Å². The molecule has 5 heteroatoms. The number of β-amino-alcohol motifs (C(OH)–C–C–N with tert-alkyl or cyclic N) is 1. The van der Waals surface area contributed by atoms with Gasteiger partial charge < -0.3 is 14.9 Å². The van der Waals surface area contributed by atoms with Crippen LogP contribution >= 0.6 is 0 Å². The lowest BCUT2D eigenvalue weighted by atomic mass is 9.92. The zero-order valence-electron chi connectivity index (χ0n) is 12.4. The summed E-state index contributed by atoms with van der Waals surface area (Å²) < 4.78 is 0. The number of aliphatic hydroxyl groups is 1. The zero-order chi connectivity index (χ0) is 14.7. The molecule has 0 radical (unpaired) electrons. The number of pyridine rings is 1. The summed E-state index contributed by atoms with van der Waals surface area (Å²) in [5.41, 5.74) is -0.310. The van der Waals surface area contributed by atoms with Gasteiger partial charge in [0.15, 0.2) is 0 Å². The quantitative estimate of drug-likeness (QED) is 0.907. The van der Waals surface area contributed by atoms with E-state index >= 15 is 0 Å². The van der Waals surface area contributed by atoms with Crippen LogP contribution in [0.4, 0.5) is 0 Å². The van der Waals surface area contributed by atoms with Gasteiger partial charge in [0, 0.05) is 19.3 Å². The average Bonchev–Trinajstić information content (AvgIpc) is 2.99. The van der Waals surface area contributed by atoms with Crippen LogP contribution in [-0.2, 0) is 0 Å². The second-order valence-electron chi connectivity index (χ2n) is 6.25. The number of nitrogens with zero attached hydrogens (tertiary/aromatic N) is 3. The molecule has 0 spiro atoms. The summed E-state index contributed by atoms with van der Waals surface area (Å²) in [6, 6.07) is 5.35. The molecule has 21 heavy (non-hydrogen) atoms. The Morgan fingerprint density at radius 3 is 2.76 bits per heavy atom. The highest BCUT2D eigenvalue weighted by Gasteiger charge is 2.37.